The minimum absolute atomic E-state index is 0.251. The van der Waals surface area contributed by atoms with Gasteiger partial charge in [0.2, 0.25) is 5.91 Å². The van der Waals surface area contributed by atoms with Gasteiger partial charge in [-0.25, -0.2) is 5.48 Å². The zero-order valence-electron chi connectivity index (χ0n) is 13.7. The van der Waals surface area contributed by atoms with Crippen molar-refractivity contribution in [2.24, 2.45) is 0 Å². The third kappa shape index (κ3) is 4.23. The number of rotatable bonds is 5. The van der Waals surface area contributed by atoms with Crippen LogP contribution in [0.15, 0.2) is 54.6 Å². The maximum absolute atomic E-state index is 12.6. The van der Waals surface area contributed by atoms with E-state index < -0.39 is 18.0 Å². The zero-order chi connectivity index (χ0) is 17.6. The van der Waals surface area contributed by atoms with Crippen molar-refractivity contribution in [2.75, 3.05) is 0 Å². The van der Waals surface area contributed by atoms with Crippen molar-refractivity contribution in [1.82, 2.24) is 16.1 Å². The molecule has 130 valence electrons. The molecule has 0 unspecified atom stereocenters. The first kappa shape index (κ1) is 17.1. The number of hydroxylamine groups is 1. The Kier molecular flexibility index (Phi) is 5.42. The minimum atomic E-state index is -0.834. The molecule has 6 heteroatoms. The number of benzene rings is 2. The lowest BCUT2D eigenvalue weighted by molar-refractivity contribution is -0.135. The lowest BCUT2D eigenvalue weighted by Gasteiger charge is -2.27. The molecule has 4 N–H and O–H groups in total. The lowest BCUT2D eigenvalue weighted by atomic mass is 9.95. The predicted octanol–water partition coefficient (Wildman–Crippen LogP) is 0.934. The van der Waals surface area contributed by atoms with Gasteiger partial charge in [-0.1, -0.05) is 54.6 Å². The summed E-state index contributed by atoms with van der Waals surface area (Å²) in [7, 11) is 0. The van der Waals surface area contributed by atoms with Crippen molar-refractivity contribution < 1.29 is 14.8 Å². The second-order valence-corrected chi connectivity index (χ2v) is 6.13. The summed E-state index contributed by atoms with van der Waals surface area (Å²) in [4.78, 5) is 24.5. The minimum Gasteiger partial charge on any atom is -0.343 e. The fourth-order valence-electron chi connectivity index (χ4n) is 3.05. The Balaban J connectivity index is 1.67. The molecule has 1 heterocycles. The van der Waals surface area contributed by atoms with E-state index in [-0.39, 0.29) is 5.91 Å². The van der Waals surface area contributed by atoms with E-state index in [2.05, 4.69) is 10.6 Å². The standard InChI is InChI=1S/C19H21N3O3/c23-18(16-11-14-8-4-5-9-15(14)12-20-16)21-17(19(24)22-25)10-13-6-2-1-3-7-13/h1-9,16-17,20,25H,10-12H2,(H,21,23)(H,22,24)/t16-,17-/m0/s1. The summed E-state index contributed by atoms with van der Waals surface area (Å²) in [6, 6.07) is 16.1. The summed E-state index contributed by atoms with van der Waals surface area (Å²) in [5, 5.41) is 14.9. The smallest absolute Gasteiger partial charge is 0.266 e. The maximum atomic E-state index is 12.6. The molecule has 3 rings (SSSR count). The van der Waals surface area contributed by atoms with Gasteiger partial charge in [-0.2, -0.15) is 0 Å². The van der Waals surface area contributed by atoms with Gasteiger partial charge in [-0.3, -0.25) is 14.8 Å². The van der Waals surface area contributed by atoms with Crippen molar-refractivity contribution in [2.45, 2.75) is 31.5 Å². The Bertz CT molecular complexity index is 749. The van der Waals surface area contributed by atoms with Crippen LogP contribution in [-0.2, 0) is 29.0 Å². The molecule has 2 aromatic carbocycles. The van der Waals surface area contributed by atoms with Crippen LogP contribution in [0.3, 0.4) is 0 Å². The highest BCUT2D eigenvalue weighted by Gasteiger charge is 2.28. The van der Waals surface area contributed by atoms with Crippen molar-refractivity contribution in [1.29, 1.82) is 0 Å². The number of fused-ring (bicyclic) bond motifs is 1. The summed E-state index contributed by atoms with van der Waals surface area (Å²) in [6.45, 7) is 0.615. The fraction of sp³-hybridized carbons (Fsp3) is 0.263. The van der Waals surface area contributed by atoms with E-state index in [1.807, 2.05) is 54.6 Å². The van der Waals surface area contributed by atoms with Gasteiger partial charge >= 0.3 is 0 Å². The van der Waals surface area contributed by atoms with Gasteiger partial charge in [0.1, 0.15) is 6.04 Å². The van der Waals surface area contributed by atoms with Gasteiger partial charge in [0.25, 0.3) is 5.91 Å². The molecule has 2 aromatic rings. The number of hydrogen-bond acceptors (Lipinski definition) is 4. The molecule has 0 fully saturated rings. The van der Waals surface area contributed by atoms with Crippen LogP contribution < -0.4 is 16.1 Å². The molecule has 1 aliphatic heterocycles. The van der Waals surface area contributed by atoms with Crippen molar-refractivity contribution in [3.63, 3.8) is 0 Å². The van der Waals surface area contributed by atoms with Crippen LogP contribution >= 0.6 is 0 Å². The van der Waals surface area contributed by atoms with Gasteiger partial charge in [-0.05, 0) is 23.1 Å². The molecule has 0 aromatic heterocycles. The molecule has 2 amide bonds. The van der Waals surface area contributed by atoms with E-state index in [4.69, 9.17) is 5.21 Å². The molecule has 25 heavy (non-hydrogen) atoms. The Labute approximate surface area is 146 Å². The Morgan fingerprint density at radius 1 is 1.08 bits per heavy atom. The molecule has 0 spiro atoms. The lowest BCUT2D eigenvalue weighted by Crippen LogP contribution is -2.54. The summed E-state index contributed by atoms with van der Waals surface area (Å²) in [5.74, 6) is -0.882. The van der Waals surface area contributed by atoms with Gasteiger partial charge in [0.05, 0.1) is 6.04 Å². The highest BCUT2D eigenvalue weighted by atomic mass is 16.5. The quantitative estimate of drug-likeness (QED) is 0.482. The van der Waals surface area contributed by atoms with Crippen LogP contribution in [0.4, 0.5) is 0 Å². The third-order valence-electron chi connectivity index (χ3n) is 4.42. The maximum Gasteiger partial charge on any atom is 0.266 e. The van der Waals surface area contributed by atoms with Crippen LogP contribution in [0.1, 0.15) is 16.7 Å². The monoisotopic (exact) mass is 339 g/mol. The van der Waals surface area contributed by atoms with E-state index >= 15 is 0 Å². The molecule has 0 bridgehead atoms. The number of hydrogen-bond donors (Lipinski definition) is 4. The second kappa shape index (κ2) is 7.92. The first-order valence-corrected chi connectivity index (χ1v) is 8.26. The fourth-order valence-corrected chi connectivity index (χ4v) is 3.05. The highest BCUT2D eigenvalue weighted by molar-refractivity contribution is 5.89. The van der Waals surface area contributed by atoms with E-state index in [0.29, 0.717) is 19.4 Å². The molecule has 1 aliphatic rings. The van der Waals surface area contributed by atoms with Crippen molar-refractivity contribution in [3.05, 3.63) is 71.3 Å². The van der Waals surface area contributed by atoms with E-state index in [1.165, 1.54) is 5.56 Å². The van der Waals surface area contributed by atoms with Crippen molar-refractivity contribution in [3.8, 4) is 0 Å². The van der Waals surface area contributed by atoms with Gasteiger partial charge in [0, 0.05) is 13.0 Å². The van der Waals surface area contributed by atoms with E-state index in [0.717, 1.165) is 11.1 Å². The van der Waals surface area contributed by atoms with Crippen molar-refractivity contribution >= 4 is 11.8 Å². The first-order valence-electron chi connectivity index (χ1n) is 8.26. The summed E-state index contributed by atoms with van der Waals surface area (Å²) in [5.41, 5.74) is 4.85. The predicted molar refractivity (Wildman–Crippen MR) is 92.8 cm³/mol. The summed E-state index contributed by atoms with van der Waals surface area (Å²) < 4.78 is 0. The average Bonchev–Trinajstić information content (AvgIpc) is 2.67. The molecular weight excluding hydrogens is 318 g/mol. The molecule has 2 atom stereocenters. The number of amides is 2. The molecule has 0 saturated heterocycles. The van der Waals surface area contributed by atoms with E-state index in [1.54, 1.807) is 5.48 Å². The molecule has 0 radical (unpaired) electrons. The van der Waals surface area contributed by atoms with E-state index in [9.17, 15) is 9.59 Å². The normalized spacial score (nSPS) is 17.2. The zero-order valence-corrected chi connectivity index (χ0v) is 13.7. The largest absolute Gasteiger partial charge is 0.343 e. The van der Waals surface area contributed by atoms with Gasteiger partial charge < -0.3 is 10.6 Å². The number of carbonyl (C=O) groups excluding carboxylic acids is 2. The third-order valence-corrected chi connectivity index (χ3v) is 4.42. The van der Waals surface area contributed by atoms with Crippen LogP contribution in [0.5, 0.6) is 0 Å². The molecular formula is C19H21N3O3. The topological polar surface area (TPSA) is 90.5 Å². The second-order valence-electron chi connectivity index (χ2n) is 6.13. The number of carbonyl (C=O) groups is 2. The molecule has 6 nitrogen and oxygen atoms in total. The van der Waals surface area contributed by atoms with Gasteiger partial charge in [-0.15, -0.1) is 0 Å². The average molecular weight is 339 g/mol. The van der Waals surface area contributed by atoms with Gasteiger partial charge in [0.15, 0.2) is 0 Å². The summed E-state index contributed by atoms with van der Waals surface area (Å²) >= 11 is 0. The van der Waals surface area contributed by atoms with Crippen LogP contribution in [0.25, 0.3) is 0 Å². The first-order chi connectivity index (χ1) is 12.2. The van der Waals surface area contributed by atoms with Crippen LogP contribution in [-0.4, -0.2) is 29.1 Å². The summed E-state index contributed by atoms with van der Waals surface area (Å²) in [6.07, 6.45) is 0.878. The Morgan fingerprint density at radius 2 is 1.76 bits per heavy atom. The number of nitrogens with one attached hydrogen (secondary N) is 3. The molecule has 0 aliphatic carbocycles. The van der Waals surface area contributed by atoms with Crippen LogP contribution in [0.2, 0.25) is 0 Å². The molecule has 0 saturated carbocycles. The highest BCUT2D eigenvalue weighted by Crippen LogP contribution is 2.16. The SMILES string of the molecule is O=C(N[C@@H](Cc1ccccc1)C(=O)NO)[C@@H]1Cc2ccccc2CN1. The Hall–Kier alpha value is -2.70. The van der Waals surface area contributed by atoms with Crippen LogP contribution in [0, 0.1) is 0 Å². The Morgan fingerprint density at radius 3 is 2.48 bits per heavy atom.